The summed E-state index contributed by atoms with van der Waals surface area (Å²) < 4.78 is 30.5. The second-order valence-corrected chi connectivity index (χ2v) is 9.81. The van der Waals surface area contributed by atoms with Crippen LogP contribution in [0.15, 0.2) is 41.6 Å². The molecule has 15 heteroatoms. The van der Waals surface area contributed by atoms with Crippen LogP contribution in [0, 0.1) is 10.1 Å². The Labute approximate surface area is 242 Å². The van der Waals surface area contributed by atoms with Crippen molar-refractivity contribution in [3.05, 3.63) is 68.4 Å². The number of amides is 1. The van der Waals surface area contributed by atoms with E-state index in [0.717, 1.165) is 0 Å². The zero-order valence-electron chi connectivity index (χ0n) is 23.7. The fourth-order valence-electron chi connectivity index (χ4n) is 5.13. The Morgan fingerprint density at radius 3 is 2.51 bits per heavy atom. The Balaban J connectivity index is 1.39. The van der Waals surface area contributed by atoms with E-state index < -0.39 is 11.0 Å². The number of aromatic nitrogens is 4. The van der Waals surface area contributed by atoms with Gasteiger partial charge in [0, 0.05) is 36.7 Å². The van der Waals surface area contributed by atoms with Crippen LogP contribution in [0.1, 0.15) is 11.3 Å². The molecule has 4 heterocycles. The van der Waals surface area contributed by atoms with Gasteiger partial charge in [0.05, 0.1) is 43.2 Å². The van der Waals surface area contributed by atoms with E-state index in [2.05, 4.69) is 9.97 Å². The second-order valence-electron chi connectivity index (χ2n) is 9.81. The number of benzene rings is 2. The molecule has 15 nitrogen and oxygen atoms in total. The third-order valence-corrected chi connectivity index (χ3v) is 7.44. The number of fused-ring (bicyclic) bond motifs is 6. The van der Waals surface area contributed by atoms with Crippen LogP contribution in [0.25, 0.3) is 27.3 Å². The molecule has 0 fully saturated rings. The number of ether oxygens (including phenoxy) is 5. The largest absolute Gasteiger partial charge is 0.493 e. The quantitative estimate of drug-likeness (QED) is 0.148. The van der Waals surface area contributed by atoms with E-state index in [1.165, 1.54) is 36.9 Å². The zero-order chi connectivity index (χ0) is 30.4. The molecule has 6 rings (SSSR count). The first-order valence-corrected chi connectivity index (χ1v) is 13.1. The van der Waals surface area contributed by atoms with Gasteiger partial charge in [-0.05, 0) is 23.5 Å². The van der Waals surface area contributed by atoms with Crippen LogP contribution in [-0.4, -0.2) is 69.5 Å². The van der Waals surface area contributed by atoms with Gasteiger partial charge >= 0.3 is 12.0 Å². The van der Waals surface area contributed by atoms with Crippen molar-refractivity contribution in [1.82, 2.24) is 23.8 Å². The highest BCUT2D eigenvalue weighted by Crippen LogP contribution is 2.38. The lowest BCUT2D eigenvalue weighted by molar-refractivity contribution is -0.396. The summed E-state index contributed by atoms with van der Waals surface area (Å²) in [7, 11) is 6.01. The van der Waals surface area contributed by atoms with Crippen molar-refractivity contribution < 1.29 is 33.4 Å². The van der Waals surface area contributed by atoms with E-state index in [1.54, 1.807) is 37.6 Å². The first-order valence-electron chi connectivity index (χ1n) is 13.1. The Hall–Kier alpha value is -5.60. The Bertz CT molecular complexity index is 2000. The zero-order valence-corrected chi connectivity index (χ0v) is 23.7. The maximum atomic E-state index is 14.1. The van der Waals surface area contributed by atoms with Crippen molar-refractivity contribution in [2.24, 2.45) is 7.05 Å². The Kier molecular flexibility index (Phi) is 6.84. The molecule has 5 aromatic rings. The van der Waals surface area contributed by atoms with Crippen LogP contribution < -0.4 is 24.4 Å². The summed E-state index contributed by atoms with van der Waals surface area (Å²) in [6, 6.07) is 6.90. The normalized spacial score (nSPS) is 12.2. The number of pyridine rings is 1. The molecule has 0 N–H and O–H groups in total. The maximum Gasteiger partial charge on any atom is 0.434 e. The third-order valence-electron chi connectivity index (χ3n) is 7.44. The average Bonchev–Trinajstić information content (AvgIpc) is 3.63. The lowest BCUT2D eigenvalue weighted by Gasteiger charge is -2.19. The molecule has 1 amide bonds. The van der Waals surface area contributed by atoms with Crippen molar-refractivity contribution in [3.63, 3.8) is 0 Å². The van der Waals surface area contributed by atoms with Gasteiger partial charge in [-0.25, -0.2) is 14.3 Å². The summed E-state index contributed by atoms with van der Waals surface area (Å²) >= 11 is 0. The molecule has 222 valence electrons. The van der Waals surface area contributed by atoms with Crippen molar-refractivity contribution in [3.8, 4) is 23.0 Å². The minimum absolute atomic E-state index is 0.0788. The Morgan fingerprint density at radius 2 is 1.81 bits per heavy atom. The molecule has 0 saturated carbocycles. The van der Waals surface area contributed by atoms with Gasteiger partial charge in [0.15, 0.2) is 40.7 Å². The first kappa shape index (κ1) is 27.6. The molecule has 0 spiro atoms. The number of carbonyl (C=O) groups is 1. The minimum atomic E-state index is -0.671. The Morgan fingerprint density at radius 1 is 1.09 bits per heavy atom. The summed E-state index contributed by atoms with van der Waals surface area (Å²) in [6.45, 7) is -0.00892. The van der Waals surface area contributed by atoms with E-state index in [1.807, 2.05) is 4.40 Å². The third kappa shape index (κ3) is 4.64. The number of carbonyl (C=O) groups excluding carboxylic acids is 1. The SMILES string of the molecule is COc1cc2c(=O)c(CCN(C)C(=O)OCc3cnc([N+](=O)[O-])n3C)c3c4cc5c(cc4ncn3c2cc1OC)OCO5. The monoisotopic (exact) mass is 590 g/mol. The van der Waals surface area contributed by atoms with Gasteiger partial charge in [0.2, 0.25) is 6.79 Å². The standard InChI is InChI=1S/C28H26N6O9/c1-31(28(36)41-12-15-11-29-27(32(15)2)34(37)38)6-5-16-25-17-7-23-24(43-14-42-23)9-19(17)30-13-33(25)20-10-22(40-4)21(39-3)8-18(20)26(16)35/h7-11,13H,5-6,12,14H2,1-4H3. The molecule has 1 aliphatic rings. The highest BCUT2D eigenvalue weighted by Gasteiger charge is 2.23. The molecule has 0 atom stereocenters. The van der Waals surface area contributed by atoms with Crippen LogP contribution in [-0.2, 0) is 24.8 Å². The van der Waals surface area contributed by atoms with Crippen LogP contribution in [0.4, 0.5) is 10.7 Å². The molecule has 0 unspecified atom stereocenters. The predicted molar refractivity (Wildman–Crippen MR) is 152 cm³/mol. The van der Waals surface area contributed by atoms with E-state index in [-0.39, 0.29) is 37.7 Å². The fourth-order valence-corrected chi connectivity index (χ4v) is 5.13. The van der Waals surface area contributed by atoms with Crippen LogP contribution in [0.2, 0.25) is 0 Å². The van der Waals surface area contributed by atoms with Gasteiger partial charge in [-0.1, -0.05) is 4.98 Å². The molecular weight excluding hydrogens is 564 g/mol. The van der Waals surface area contributed by atoms with Crippen LogP contribution in [0.3, 0.4) is 0 Å². The number of nitrogens with zero attached hydrogens (tertiary/aromatic N) is 6. The average molecular weight is 591 g/mol. The van der Waals surface area contributed by atoms with Gasteiger partial charge in [-0.15, -0.1) is 0 Å². The van der Waals surface area contributed by atoms with Gasteiger partial charge in [-0.3, -0.25) is 9.20 Å². The summed E-state index contributed by atoms with van der Waals surface area (Å²) in [5, 5.41) is 12.1. The molecule has 0 radical (unpaired) electrons. The summed E-state index contributed by atoms with van der Waals surface area (Å²) in [5.41, 5.74) is 2.30. The molecule has 1 aliphatic heterocycles. The number of methoxy groups -OCH3 is 2. The molecule has 0 saturated heterocycles. The van der Waals surface area contributed by atoms with Crippen molar-refractivity contribution in [2.45, 2.75) is 13.0 Å². The van der Waals surface area contributed by atoms with E-state index in [0.29, 0.717) is 61.6 Å². The van der Waals surface area contributed by atoms with Gasteiger partial charge in [0.1, 0.15) is 12.5 Å². The fraction of sp³-hybridized carbons (Fsp3) is 0.286. The second kappa shape index (κ2) is 10.7. The lowest BCUT2D eigenvalue weighted by atomic mass is 10.0. The number of imidazole rings is 1. The highest BCUT2D eigenvalue weighted by molar-refractivity contribution is 6.01. The van der Waals surface area contributed by atoms with E-state index >= 15 is 0 Å². The molecule has 3 aromatic heterocycles. The molecule has 2 aromatic carbocycles. The summed E-state index contributed by atoms with van der Waals surface area (Å²) in [6.07, 6.45) is 2.40. The number of hydrogen-bond acceptors (Lipinski definition) is 11. The topological polar surface area (TPSA) is 162 Å². The summed E-state index contributed by atoms with van der Waals surface area (Å²) in [4.78, 5) is 47.0. The first-order chi connectivity index (χ1) is 20.7. The van der Waals surface area contributed by atoms with Crippen LogP contribution in [0.5, 0.6) is 23.0 Å². The van der Waals surface area contributed by atoms with Crippen LogP contribution >= 0.6 is 0 Å². The predicted octanol–water partition coefficient (Wildman–Crippen LogP) is 3.20. The number of rotatable bonds is 8. The van der Waals surface area contributed by atoms with Gasteiger partial charge in [0.25, 0.3) is 0 Å². The van der Waals surface area contributed by atoms with Gasteiger partial charge < -0.3 is 38.7 Å². The minimum Gasteiger partial charge on any atom is -0.493 e. The maximum absolute atomic E-state index is 14.1. The number of nitro groups is 1. The molecule has 0 aliphatic carbocycles. The van der Waals surface area contributed by atoms with Crippen molar-refractivity contribution >= 4 is 39.4 Å². The smallest absolute Gasteiger partial charge is 0.434 e. The lowest BCUT2D eigenvalue weighted by Crippen LogP contribution is -2.31. The van der Waals surface area contributed by atoms with Crippen molar-refractivity contribution in [1.29, 1.82) is 0 Å². The number of likely N-dealkylation sites (N-methyl/N-ethyl adjacent to an activating group) is 1. The highest BCUT2D eigenvalue weighted by atomic mass is 16.7. The van der Waals surface area contributed by atoms with Crippen molar-refractivity contribution in [2.75, 3.05) is 34.6 Å². The van der Waals surface area contributed by atoms with E-state index in [9.17, 15) is 19.7 Å². The number of hydrogen-bond donors (Lipinski definition) is 0. The van der Waals surface area contributed by atoms with Gasteiger partial charge in [-0.2, -0.15) is 0 Å². The van der Waals surface area contributed by atoms with E-state index in [4.69, 9.17) is 23.7 Å². The molecular formula is C28H26N6O9. The molecule has 0 bridgehead atoms. The molecule has 43 heavy (non-hydrogen) atoms. The summed E-state index contributed by atoms with van der Waals surface area (Å²) in [5.74, 6) is 1.57.